The fourth-order valence-electron chi connectivity index (χ4n) is 4.40. The maximum Gasteiger partial charge on any atom is 0.417 e. The number of hydrogen-bond acceptors (Lipinski definition) is 4. The third kappa shape index (κ3) is 4.73. The molecule has 4 aromatic rings. The fraction of sp³-hybridized carbons (Fsp3) is 0.240. The summed E-state index contributed by atoms with van der Waals surface area (Å²) in [6, 6.07) is 17.2. The lowest BCUT2D eigenvalue weighted by Crippen LogP contribution is -2.47. The minimum atomic E-state index is -0.501. The van der Waals surface area contributed by atoms with Gasteiger partial charge in [-0.25, -0.2) is 13.6 Å². The smallest absolute Gasteiger partial charge is 0.408 e. The van der Waals surface area contributed by atoms with Gasteiger partial charge < -0.3 is 4.42 Å². The lowest BCUT2D eigenvalue weighted by Gasteiger charge is -2.41. The van der Waals surface area contributed by atoms with E-state index in [9.17, 15) is 13.6 Å². The maximum absolute atomic E-state index is 14.9. The number of hydrogen-bond donors (Lipinski definition) is 1. The van der Waals surface area contributed by atoms with E-state index < -0.39 is 5.76 Å². The largest absolute Gasteiger partial charge is 0.417 e. The van der Waals surface area contributed by atoms with E-state index in [0.717, 1.165) is 40.9 Å². The highest BCUT2D eigenvalue weighted by Gasteiger charge is 2.28. The minimum absolute atomic E-state index is 0.0441. The Balaban J connectivity index is 1.45. The molecule has 0 unspecified atom stereocenters. The Kier molecular flexibility index (Phi) is 6.31. The summed E-state index contributed by atoms with van der Waals surface area (Å²) in [6.07, 6.45) is 0. The first-order valence-electron chi connectivity index (χ1n) is 10.7. The SMILES string of the molecule is O=c1[nH]c2ccc(-c3ccc(F)c(CN4CCN(CI)C[C@@H]4c4ccc(F)cc4)c3)cc2o1. The molecule has 1 fully saturated rings. The average Bonchev–Trinajstić information content (AvgIpc) is 3.20. The Hall–Kier alpha value is -2.56. The number of nitrogens with one attached hydrogen (secondary N) is 1. The van der Waals surface area contributed by atoms with Crippen molar-refractivity contribution in [2.24, 2.45) is 0 Å². The van der Waals surface area contributed by atoms with Crippen molar-refractivity contribution >= 4 is 33.7 Å². The van der Waals surface area contributed by atoms with Crippen LogP contribution in [0.1, 0.15) is 17.2 Å². The lowest BCUT2D eigenvalue weighted by molar-refractivity contribution is 0.0806. The minimum Gasteiger partial charge on any atom is -0.408 e. The molecule has 1 atom stereocenters. The molecule has 8 heteroatoms. The van der Waals surface area contributed by atoms with Crippen LogP contribution in [0.4, 0.5) is 8.78 Å². The molecule has 2 heterocycles. The van der Waals surface area contributed by atoms with Gasteiger partial charge in [0.05, 0.1) is 10.1 Å². The first-order chi connectivity index (χ1) is 16.0. The Bertz CT molecular complexity index is 1340. The second-order valence-corrected chi connectivity index (χ2v) is 8.95. The number of alkyl halides is 1. The van der Waals surface area contributed by atoms with E-state index in [1.807, 2.05) is 24.3 Å². The van der Waals surface area contributed by atoms with Crippen molar-refractivity contribution in [3.63, 3.8) is 0 Å². The molecule has 1 aromatic heterocycles. The van der Waals surface area contributed by atoms with Gasteiger partial charge in [0.1, 0.15) is 11.6 Å². The summed E-state index contributed by atoms with van der Waals surface area (Å²) in [5.74, 6) is -1.03. The van der Waals surface area contributed by atoms with Gasteiger partial charge in [-0.05, 0) is 53.1 Å². The zero-order valence-corrected chi connectivity index (χ0v) is 19.9. The summed E-state index contributed by atoms with van der Waals surface area (Å²) in [5.41, 5.74) is 4.40. The van der Waals surface area contributed by atoms with Crippen molar-refractivity contribution in [2.75, 3.05) is 24.2 Å². The second-order valence-electron chi connectivity index (χ2n) is 8.27. The number of piperazine rings is 1. The number of halogens is 3. The molecule has 33 heavy (non-hydrogen) atoms. The van der Waals surface area contributed by atoms with Crippen LogP contribution in [0.5, 0.6) is 0 Å². The molecule has 0 radical (unpaired) electrons. The van der Waals surface area contributed by atoms with E-state index >= 15 is 0 Å². The molecule has 0 spiro atoms. The standard InChI is InChI=1S/C25H22F2IN3O2/c26-20-5-1-16(2-6-20)23-14-30(15-28)9-10-31(23)13-19-11-17(3-7-21(19)27)18-4-8-22-24(12-18)33-25(32)29-22/h1-8,11-12,23H,9-10,13-15H2,(H,29,32)/t23-/m1/s1. The first kappa shape index (κ1) is 22.2. The number of aromatic nitrogens is 1. The van der Waals surface area contributed by atoms with Crippen molar-refractivity contribution < 1.29 is 13.2 Å². The summed E-state index contributed by atoms with van der Waals surface area (Å²) < 4.78 is 34.4. The fourth-order valence-corrected chi connectivity index (χ4v) is 5.01. The van der Waals surface area contributed by atoms with Crippen molar-refractivity contribution in [2.45, 2.75) is 12.6 Å². The highest BCUT2D eigenvalue weighted by molar-refractivity contribution is 14.1. The Morgan fingerprint density at radius 1 is 1.00 bits per heavy atom. The topological polar surface area (TPSA) is 52.5 Å². The Labute approximate surface area is 203 Å². The number of benzene rings is 3. The molecule has 0 aliphatic carbocycles. The number of rotatable bonds is 5. The van der Waals surface area contributed by atoms with E-state index in [2.05, 4.69) is 37.4 Å². The maximum atomic E-state index is 14.9. The predicted octanol–water partition coefficient (Wildman–Crippen LogP) is 5.32. The van der Waals surface area contributed by atoms with Gasteiger partial charge in [0.15, 0.2) is 5.58 Å². The normalized spacial score (nSPS) is 17.6. The molecule has 1 aliphatic rings. The zero-order valence-electron chi connectivity index (χ0n) is 17.7. The van der Waals surface area contributed by atoms with Gasteiger partial charge in [-0.15, -0.1) is 0 Å². The molecular weight excluding hydrogens is 539 g/mol. The highest BCUT2D eigenvalue weighted by Crippen LogP contribution is 2.30. The predicted molar refractivity (Wildman–Crippen MR) is 132 cm³/mol. The van der Waals surface area contributed by atoms with Crippen LogP contribution >= 0.6 is 22.6 Å². The van der Waals surface area contributed by atoms with Gasteiger partial charge in [0, 0.05) is 37.8 Å². The molecule has 0 saturated carbocycles. The molecule has 5 nitrogen and oxygen atoms in total. The van der Waals surface area contributed by atoms with Crippen molar-refractivity contribution in [3.05, 3.63) is 94.0 Å². The lowest BCUT2D eigenvalue weighted by atomic mass is 9.99. The number of H-pyrrole nitrogens is 1. The van der Waals surface area contributed by atoms with Crippen molar-refractivity contribution in [1.82, 2.24) is 14.8 Å². The number of oxazole rings is 1. The van der Waals surface area contributed by atoms with E-state index in [-0.39, 0.29) is 17.7 Å². The van der Waals surface area contributed by atoms with Gasteiger partial charge >= 0.3 is 5.76 Å². The first-order valence-corrected chi connectivity index (χ1v) is 12.2. The van der Waals surface area contributed by atoms with E-state index in [1.165, 1.54) is 18.2 Å². The number of nitrogens with zero attached hydrogens (tertiary/aromatic N) is 2. The monoisotopic (exact) mass is 561 g/mol. The Morgan fingerprint density at radius 3 is 2.55 bits per heavy atom. The van der Waals surface area contributed by atoms with Crippen LogP contribution in [0, 0.1) is 11.6 Å². The van der Waals surface area contributed by atoms with Crippen LogP contribution in [-0.2, 0) is 6.54 Å². The van der Waals surface area contributed by atoms with E-state index in [4.69, 9.17) is 4.42 Å². The van der Waals surface area contributed by atoms with Crippen LogP contribution in [-0.4, -0.2) is 39.0 Å². The highest BCUT2D eigenvalue weighted by atomic mass is 127. The van der Waals surface area contributed by atoms with E-state index in [1.54, 1.807) is 18.2 Å². The third-order valence-corrected chi connectivity index (χ3v) is 7.14. The number of aromatic amines is 1. The molecule has 0 amide bonds. The second kappa shape index (κ2) is 9.36. The van der Waals surface area contributed by atoms with Gasteiger partial charge in [-0.1, -0.05) is 46.9 Å². The molecule has 1 saturated heterocycles. The molecule has 1 aliphatic heterocycles. The quantitative estimate of drug-likeness (QED) is 0.204. The van der Waals surface area contributed by atoms with Gasteiger partial charge in [-0.3, -0.25) is 14.8 Å². The van der Waals surface area contributed by atoms with Crippen LogP contribution in [0.2, 0.25) is 0 Å². The van der Waals surface area contributed by atoms with Gasteiger partial charge in [0.25, 0.3) is 0 Å². The van der Waals surface area contributed by atoms with Crippen molar-refractivity contribution in [1.29, 1.82) is 0 Å². The van der Waals surface area contributed by atoms with Crippen LogP contribution in [0.25, 0.3) is 22.2 Å². The van der Waals surface area contributed by atoms with E-state index in [0.29, 0.717) is 23.2 Å². The van der Waals surface area contributed by atoms with Gasteiger partial charge in [0.2, 0.25) is 0 Å². The summed E-state index contributed by atoms with van der Waals surface area (Å²) in [6.45, 7) is 2.93. The van der Waals surface area contributed by atoms with Crippen LogP contribution < -0.4 is 5.76 Å². The molecule has 3 aromatic carbocycles. The summed E-state index contributed by atoms with van der Waals surface area (Å²) in [4.78, 5) is 18.7. The zero-order chi connectivity index (χ0) is 22.9. The summed E-state index contributed by atoms with van der Waals surface area (Å²) in [5, 5.41) is 0. The molecule has 0 bridgehead atoms. The third-order valence-electron chi connectivity index (χ3n) is 6.17. The number of fused-ring (bicyclic) bond motifs is 1. The average molecular weight is 561 g/mol. The van der Waals surface area contributed by atoms with Crippen LogP contribution in [0.3, 0.4) is 0 Å². The van der Waals surface area contributed by atoms with Crippen LogP contribution in [0.15, 0.2) is 69.9 Å². The Morgan fingerprint density at radius 2 is 1.76 bits per heavy atom. The molecule has 1 N–H and O–H groups in total. The van der Waals surface area contributed by atoms with Gasteiger partial charge in [-0.2, -0.15) is 0 Å². The molecule has 170 valence electrons. The van der Waals surface area contributed by atoms with Crippen molar-refractivity contribution in [3.8, 4) is 11.1 Å². The summed E-state index contributed by atoms with van der Waals surface area (Å²) in [7, 11) is 0. The molecular formula is C25H22F2IN3O2. The summed E-state index contributed by atoms with van der Waals surface area (Å²) >= 11 is 2.35. The molecule has 5 rings (SSSR count).